The number of rotatable bonds is 6. The summed E-state index contributed by atoms with van der Waals surface area (Å²) in [6.07, 6.45) is 0.894. The zero-order valence-corrected chi connectivity index (χ0v) is 18.1. The minimum absolute atomic E-state index is 0.0831. The molecule has 0 bridgehead atoms. The van der Waals surface area contributed by atoms with Gasteiger partial charge in [-0.2, -0.15) is 5.10 Å². The molecule has 9 nitrogen and oxygen atoms in total. The molecule has 0 unspecified atom stereocenters. The van der Waals surface area contributed by atoms with Crippen LogP contribution in [0.1, 0.15) is 39.4 Å². The minimum atomic E-state index is -0.442. The monoisotopic (exact) mass is 421 g/mol. The van der Waals surface area contributed by atoms with Gasteiger partial charge in [0.15, 0.2) is 11.3 Å². The Morgan fingerprint density at radius 1 is 1.13 bits per heavy atom. The van der Waals surface area contributed by atoms with Crippen LogP contribution in [0.3, 0.4) is 0 Å². The van der Waals surface area contributed by atoms with E-state index in [0.29, 0.717) is 11.3 Å². The predicted molar refractivity (Wildman–Crippen MR) is 116 cm³/mol. The van der Waals surface area contributed by atoms with Crippen LogP contribution < -0.4 is 10.6 Å². The van der Waals surface area contributed by atoms with Gasteiger partial charge in [0.05, 0.1) is 17.9 Å². The molecule has 162 valence electrons. The Labute approximate surface area is 180 Å². The number of hydrogen-bond acceptors (Lipinski definition) is 6. The van der Waals surface area contributed by atoms with Crippen molar-refractivity contribution in [2.75, 3.05) is 19.6 Å². The Kier molecular flexibility index (Phi) is 5.94. The number of hydrogen-bond donors (Lipinski definition) is 2. The van der Waals surface area contributed by atoms with Crippen molar-refractivity contribution in [2.45, 2.75) is 39.8 Å². The first kappa shape index (κ1) is 20.9. The Morgan fingerprint density at radius 2 is 1.90 bits per heavy atom. The predicted octanol–water partition coefficient (Wildman–Crippen LogP) is 1.17. The number of aromatic nitrogens is 4. The van der Waals surface area contributed by atoms with Crippen molar-refractivity contribution in [1.29, 1.82) is 0 Å². The van der Waals surface area contributed by atoms with E-state index in [9.17, 15) is 9.59 Å². The highest BCUT2D eigenvalue weighted by Gasteiger charge is 2.24. The van der Waals surface area contributed by atoms with E-state index >= 15 is 0 Å². The van der Waals surface area contributed by atoms with Gasteiger partial charge in [-0.05, 0) is 32.8 Å². The highest BCUT2D eigenvalue weighted by molar-refractivity contribution is 5.95. The van der Waals surface area contributed by atoms with E-state index in [1.807, 2.05) is 6.92 Å². The first-order chi connectivity index (χ1) is 14.9. The highest BCUT2D eigenvalue weighted by Crippen LogP contribution is 2.14. The molecule has 3 heterocycles. The molecular formula is C22H27N7O2. The molecule has 1 aliphatic rings. The molecule has 0 saturated carbocycles. The number of nitrogens with zero attached hydrogens (tertiary/aromatic N) is 5. The third kappa shape index (κ3) is 4.88. The number of fused-ring (bicyclic) bond motifs is 1. The smallest absolute Gasteiger partial charge is 0.274 e. The normalized spacial score (nSPS) is 16.5. The summed E-state index contributed by atoms with van der Waals surface area (Å²) in [5.74, 6) is -0.653. The molecule has 0 radical (unpaired) electrons. The molecule has 1 saturated heterocycles. The molecule has 2 aromatic heterocycles. The summed E-state index contributed by atoms with van der Waals surface area (Å²) >= 11 is 0. The largest absolute Gasteiger partial charge is 0.350 e. The fraction of sp³-hybridized carbons (Fsp3) is 0.409. The highest BCUT2D eigenvalue weighted by atomic mass is 16.2. The van der Waals surface area contributed by atoms with Crippen LogP contribution >= 0.6 is 0 Å². The molecule has 1 aromatic carbocycles. The van der Waals surface area contributed by atoms with E-state index in [0.717, 1.165) is 31.7 Å². The molecule has 2 amide bonds. The van der Waals surface area contributed by atoms with Crippen LogP contribution in [-0.4, -0.2) is 62.2 Å². The SMILES string of the molecule is Cc1ccc(CN2CC[C@@H](NC(=O)CNC(=O)c3nnc4cc(C)nn4c3C)C2)cc1. The summed E-state index contributed by atoms with van der Waals surface area (Å²) in [4.78, 5) is 27.2. The topological polar surface area (TPSA) is 105 Å². The van der Waals surface area contributed by atoms with E-state index < -0.39 is 5.91 Å². The zero-order chi connectivity index (χ0) is 22.0. The van der Waals surface area contributed by atoms with Gasteiger partial charge in [0, 0.05) is 31.7 Å². The summed E-state index contributed by atoms with van der Waals surface area (Å²) in [6.45, 7) is 8.18. The van der Waals surface area contributed by atoms with Gasteiger partial charge in [0.2, 0.25) is 5.91 Å². The van der Waals surface area contributed by atoms with Gasteiger partial charge in [-0.3, -0.25) is 14.5 Å². The van der Waals surface area contributed by atoms with E-state index in [2.05, 4.69) is 62.0 Å². The summed E-state index contributed by atoms with van der Waals surface area (Å²) < 4.78 is 1.58. The first-order valence-corrected chi connectivity index (χ1v) is 10.4. The Balaban J connectivity index is 1.26. The van der Waals surface area contributed by atoms with Gasteiger partial charge in [-0.15, -0.1) is 10.2 Å². The molecule has 1 aliphatic heterocycles. The van der Waals surface area contributed by atoms with Crippen molar-refractivity contribution in [1.82, 2.24) is 35.3 Å². The van der Waals surface area contributed by atoms with E-state index in [1.54, 1.807) is 17.5 Å². The quantitative estimate of drug-likeness (QED) is 0.619. The number of nitrogens with one attached hydrogen (secondary N) is 2. The Hall–Kier alpha value is -3.33. The summed E-state index contributed by atoms with van der Waals surface area (Å²) in [6, 6.07) is 10.4. The number of carbonyl (C=O) groups is 2. The Bertz CT molecular complexity index is 1110. The molecule has 0 spiro atoms. The number of amides is 2. The second-order valence-electron chi connectivity index (χ2n) is 8.15. The van der Waals surface area contributed by atoms with Crippen LogP contribution in [0.2, 0.25) is 0 Å². The number of benzene rings is 1. The fourth-order valence-electron chi connectivity index (χ4n) is 3.86. The molecule has 1 fully saturated rings. The average Bonchev–Trinajstić information content (AvgIpc) is 3.34. The summed E-state index contributed by atoms with van der Waals surface area (Å²) in [5, 5.41) is 18.0. The van der Waals surface area contributed by atoms with Crippen molar-refractivity contribution in [3.63, 3.8) is 0 Å². The molecule has 3 aromatic rings. The molecule has 9 heteroatoms. The lowest BCUT2D eigenvalue weighted by atomic mass is 10.1. The lowest BCUT2D eigenvalue weighted by molar-refractivity contribution is -0.120. The average molecular weight is 422 g/mol. The summed E-state index contributed by atoms with van der Waals surface area (Å²) in [5.41, 5.74) is 4.64. The Morgan fingerprint density at radius 3 is 2.68 bits per heavy atom. The van der Waals surface area contributed by atoms with Crippen LogP contribution in [0.5, 0.6) is 0 Å². The van der Waals surface area contributed by atoms with E-state index in [-0.39, 0.29) is 24.2 Å². The van der Waals surface area contributed by atoms with Crippen molar-refractivity contribution in [2.24, 2.45) is 0 Å². The first-order valence-electron chi connectivity index (χ1n) is 10.4. The second-order valence-corrected chi connectivity index (χ2v) is 8.15. The van der Waals surface area contributed by atoms with Gasteiger partial charge >= 0.3 is 0 Å². The maximum atomic E-state index is 12.5. The van der Waals surface area contributed by atoms with Crippen LogP contribution in [0, 0.1) is 20.8 Å². The second kappa shape index (κ2) is 8.81. The van der Waals surface area contributed by atoms with Crippen molar-refractivity contribution >= 4 is 17.5 Å². The third-order valence-electron chi connectivity index (χ3n) is 5.51. The molecule has 4 rings (SSSR count). The fourth-order valence-corrected chi connectivity index (χ4v) is 3.86. The van der Waals surface area contributed by atoms with Crippen molar-refractivity contribution in [3.05, 3.63) is 58.5 Å². The van der Waals surface area contributed by atoms with Crippen LogP contribution in [0.25, 0.3) is 5.65 Å². The zero-order valence-electron chi connectivity index (χ0n) is 18.1. The van der Waals surface area contributed by atoms with Crippen LogP contribution in [-0.2, 0) is 11.3 Å². The molecular weight excluding hydrogens is 394 g/mol. The molecule has 0 aliphatic carbocycles. The van der Waals surface area contributed by atoms with Crippen LogP contribution in [0.15, 0.2) is 30.3 Å². The van der Waals surface area contributed by atoms with Crippen molar-refractivity contribution < 1.29 is 9.59 Å². The number of aryl methyl sites for hydroxylation is 3. The van der Waals surface area contributed by atoms with Gasteiger partial charge in [-0.1, -0.05) is 29.8 Å². The maximum Gasteiger partial charge on any atom is 0.274 e. The van der Waals surface area contributed by atoms with Crippen molar-refractivity contribution in [3.8, 4) is 0 Å². The van der Waals surface area contributed by atoms with Crippen LogP contribution in [0.4, 0.5) is 0 Å². The van der Waals surface area contributed by atoms with E-state index in [4.69, 9.17) is 0 Å². The standard InChI is InChI=1S/C22H27N7O2/c1-14-4-6-17(7-5-14)12-28-9-8-18(13-28)24-20(30)11-23-22(31)21-16(3)29-19(25-26-21)10-15(2)27-29/h4-7,10,18H,8-9,11-13H2,1-3H3,(H,23,31)(H,24,30)/t18-/m1/s1. The molecule has 31 heavy (non-hydrogen) atoms. The molecule has 2 N–H and O–H groups in total. The van der Waals surface area contributed by atoms with Gasteiger partial charge in [-0.25, -0.2) is 4.52 Å². The number of likely N-dealkylation sites (tertiary alicyclic amines) is 1. The summed E-state index contributed by atoms with van der Waals surface area (Å²) in [7, 11) is 0. The maximum absolute atomic E-state index is 12.5. The number of carbonyl (C=O) groups excluding carboxylic acids is 2. The third-order valence-corrected chi connectivity index (χ3v) is 5.51. The molecule has 1 atom stereocenters. The minimum Gasteiger partial charge on any atom is -0.350 e. The van der Waals surface area contributed by atoms with E-state index in [1.165, 1.54) is 11.1 Å². The van der Waals surface area contributed by atoms with Gasteiger partial charge in [0.1, 0.15) is 0 Å². The lowest BCUT2D eigenvalue weighted by Crippen LogP contribution is -2.43. The van der Waals surface area contributed by atoms with Gasteiger partial charge in [0.25, 0.3) is 5.91 Å². The lowest BCUT2D eigenvalue weighted by Gasteiger charge is -2.17. The van der Waals surface area contributed by atoms with Gasteiger partial charge < -0.3 is 10.6 Å².